The maximum Gasteiger partial charge on any atom is 0.0644 e. The molecule has 2 fully saturated rings. The summed E-state index contributed by atoms with van der Waals surface area (Å²) in [6, 6.07) is 1.24. The standard InChI is InChI=1S/C16H25N3O/c20-7-6-19-16-3-1-2-14(13(16)10-17-19)18-15-9-11-4-5-12(15)8-11/h10-12,14-15,18,20H,1-9H2. The molecule has 4 rings (SSSR count). The fourth-order valence-electron chi connectivity index (χ4n) is 4.79. The van der Waals surface area contributed by atoms with E-state index in [1.807, 2.05) is 10.9 Å². The Morgan fingerprint density at radius 1 is 1.30 bits per heavy atom. The fraction of sp³-hybridized carbons (Fsp3) is 0.812. The molecule has 3 aliphatic carbocycles. The van der Waals surface area contributed by atoms with Gasteiger partial charge in [0.25, 0.3) is 0 Å². The van der Waals surface area contributed by atoms with E-state index in [2.05, 4.69) is 10.4 Å². The minimum atomic E-state index is 0.179. The monoisotopic (exact) mass is 275 g/mol. The molecule has 0 saturated heterocycles. The summed E-state index contributed by atoms with van der Waals surface area (Å²) in [6.07, 6.45) is 11.4. The molecular formula is C16H25N3O. The third-order valence-electron chi connectivity index (χ3n) is 5.73. The number of hydrogen-bond acceptors (Lipinski definition) is 3. The lowest BCUT2D eigenvalue weighted by Crippen LogP contribution is -2.38. The number of aliphatic hydroxyl groups excluding tert-OH is 1. The quantitative estimate of drug-likeness (QED) is 0.884. The number of nitrogens with zero attached hydrogens (tertiary/aromatic N) is 2. The van der Waals surface area contributed by atoms with Crippen molar-refractivity contribution in [1.29, 1.82) is 0 Å². The summed E-state index contributed by atoms with van der Waals surface area (Å²) in [6.45, 7) is 0.814. The van der Waals surface area contributed by atoms with E-state index in [-0.39, 0.29) is 6.61 Å². The molecule has 20 heavy (non-hydrogen) atoms. The number of rotatable bonds is 4. The number of nitrogens with one attached hydrogen (secondary N) is 1. The van der Waals surface area contributed by atoms with Crippen molar-refractivity contribution in [3.63, 3.8) is 0 Å². The van der Waals surface area contributed by atoms with Crippen LogP contribution in [0.25, 0.3) is 0 Å². The van der Waals surface area contributed by atoms with Gasteiger partial charge in [-0.1, -0.05) is 6.42 Å². The highest BCUT2D eigenvalue weighted by Gasteiger charge is 2.40. The van der Waals surface area contributed by atoms with Crippen LogP contribution in [0.5, 0.6) is 0 Å². The molecule has 0 spiro atoms. The SMILES string of the molecule is OCCn1ncc2c1CCCC2NC1CC2CCC1C2. The average molecular weight is 275 g/mol. The Labute approximate surface area is 120 Å². The summed E-state index contributed by atoms with van der Waals surface area (Å²) in [5.41, 5.74) is 2.75. The first-order valence-corrected chi connectivity index (χ1v) is 8.26. The first-order valence-electron chi connectivity index (χ1n) is 8.26. The van der Waals surface area contributed by atoms with Crippen molar-refractivity contribution < 1.29 is 5.11 Å². The molecular weight excluding hydrogens is 250 g/mol. The molecule has 1 heterocycles. The third kappa shape index (κ3) is 2.09. The van der Waals surface area contributed by atoms with E-state index in [0.29, 0.717) is 12.6 Å². The first kappa shape index (κ1) is 12.8. The first-order chi connectivity index (χ1) is 9.85. The van der Waals surface area contributed by atoms with Crippen molar-refractivity contribution >= 4 is 0 Å². The second-order valence-electron chi connectivity index (χ2n) is 6.89. The molecule has 2 saturated carbocycles. The van der Waals surface area contributed by atoms with Gasteiger partial charge in [0.05, 0.1) is 19.3 Å². The Balaban J connectivity index is 1.50. The highest BCUT2D eigenvalue weighted by molar-refractivity contribution is 5.25. The largest absolute Gasteiger partial charge is 0.394 e. The molecule has 4 atom stereocenters. The fourth-order valence-corrected chi connectivity index (χ4v) is 4.79. The Kier molecular flexibility index (Phi) is 3.31. The minimum absolute atomic E-state index is 0.179. The van der Waals surface area contributed by atoms with Gasteiger partial charge in [-0.25, -0.2) is 0 Å². The summed E-state index contributed by atoms with van der Waals surface area (Å²) < 4.78 is 2.00. The van der Waals surface area contributed by atoms with Crippen LogP contribution >= 0.6 is 0 Å². The van der Waals surface area contributed by atoms with Gasteiger partial charge in [0, 0.05) is 23.3 Å². The van der Waals surface area contributed by atoms with E-state index < -0.39 is 0 Å². The summed E-state index contributed by atoms with van der Waals surface area (Å²) in [7, 11) is 0. The predicted molar refractivity (Wildman–Crippen MR) is 77.4 cm³/mol. The molecule has 2 bridgehead atoms. The minimum Gasteiger partial charge on any atom is -0.394 e. The van der Waals surface area contributed by atoms with Gasteiger partial charge in [-0.3, -0.25) is 4.68 Å². The third-order valence-corrected chi connectivity index (χ3v) is 5.73. The lowest BCUT2D eigenvalue weighted by atomic mass is 9.89. The number of fused-ring (bicyclic) bond motifs is 3. The van der Waals surface area contributed by atoms with Crippen molar-refractivity contribution in [1.82, 2.24) is 15.1 Å². The normalized spacial score (nSPS) is 35.5. The summed E-state index contributed by atoms with van der Waals surface area (Å²) in [4.78, 5) is 0. The molecule has 0 amide bonds. The van der Waals surface area contributed by atoms with E-state index in [4.69, 9.17) is 5.11 Å². The van der Waals surface area contributed by atoms with E-state index in [1.54, 1.807) is 0 Å². The Morgan fingerprint density at radius 3 is 3.00 bits per heavy atom. The second kappa shape index (κ2) is 5.15. The highest BCUT2D eigenvalue weighted by atomic mass is 16.3. The molecule has 4 nitrogen and oxygen atoms in total. The van der Waals surface area contributed by atoms with E-state index in [9.17, 15) is 0 Å². The van der Waals surface area contributed by atoms with E-state index in [0.717, 1.165) is 24.3 Å². The molecule has 4 heteroatoms. The van der Waals surface area contributed by atoms with Crippen LogP contribution in [0, 0.1) is 11.8 Å². The Hall–Kier alpha value is -0.870. The smallest absolute Gasteiger partial charge is 0.0644 e. The molecule has 4 unspecified atom stereocenters. The van der Waals surface area contributed by atoms with Crippen LogP contribution in [0.2, 0.25) is 0 Å². The van der Waals surface area contributed by atoms with Gasteiger partial charge in [0.2, 0.25) is 0 Å². The number of aliphatic hydroxyl groups is 1. The van der Waals surface area contributed by atoms with Crippen LogP contribution in [-0.2, 0) is 13.0 Å². The van der Waals surface area contributed by atoms with Gasteiger partial charge in [0.15, 0.2) is 0 Å². The topological polar surface area (TPSA) is 50.1 Å². The van der Waals surface area contributed by atoms with Crippen LogP contribution in [-0.4, -0.2) is 27.5 Å². The van der Waals surface area contributed by atoms with Crippen molar-refractivity contribution in [2.24, 2.45) is 11.8 Å². The van der Waals surface area contributed by atoms with Crippen molar-refractivity contribution in [3.8, 4) is 0 Å². The zero-order valence-corrected chi connectivity index (χ0v) is 12.1. The zero-order chi connectivity index (χ0) is 13.5. The van der Waals surface area contributed by atoms with Gasteiger partial charge in [-0.15, -0.1) is 0 Å². The second-order valence-corrected chi connectivity index (χ2v) is 6.89. The van der Waals surface area contributed by atoms with Crippen LogP contribution < -0.4 is 5.32 Å². The molecule has 1 aromatic heterocycles. The number of hydrogen-bond donors (Lipinski definition) is 2. The molecule has 110 valence electrons. The predicted octanol–water partition coefficient (Wildman–Crippen LogP) is 2.03. The van der Waals surface area contributed by atoms with Crippen molar-refractivity contribution in [3.05, 3.63) is 17.5 Å². The summed E-state index contributed by atoms with van der Waals surface area (Å²) in [5.74, 6) is 1.93. The zero-order valence-electron chi connectivity index (χ0n) is 12.1. The van der Waals surface area contributed by atoms with Gasteiger partial charge < -0.3 is 10.4 Å². The van der Waals surface area contributed by atoms with Crippen LogP contribution in [0.4, 0.5) is 0 Å². The lowest BCUT2D eigenvalue weighted by Gasteiger charge is -2.31. The van der Waals surface area contributed by atoms with Gasteiger partial charge in [-0.2, -0.15) is 5.10 Å². The van der Waals surface area contributed by atoms with E-state index in [1.165, 1.54) is 49.8 Å². The maximum atomic E-state index is 9.13. The average Bonchev–Trinajstić information content (AvgIpc) is 3.15. The Bertz CT molecular complexity index is 484. The van der Waals surface area contributed by atoms with Crippen molar-refractivity contribution in [2.45, 2.75) is 63.6 Å². The lowest BCUT2D eigenvalue weighted by molar-refractivity contribution is 0.265. The van der Waals surface area contributed by atoms with E-state index >= 15 is 0 Å². The number of aromatic nitrogens is 2. The molecule has 1 aromatic rings. The molecule has 0 aromatic carbocycles. The van der Waals surface area contributed by atoms with Crippen LogP contribution in [0.3, 0.4) is 0 Å². The molecule has 0 aliphatic heterocycles. The van der Waals surface area contributed by atoms with Gasteiger partial charge >= 0.3 is 0 Å². The molecule has 3 aliphatic rings. The molecule has 2 N–H and O–H groups in total. The highest BCUT2D eigenvalue weighted by Crippen LogP contribution is 2.45. The van der Waals surface area contributed by atoms with Crippen molar-refractivity contribution in [2.75, 3.05) is 6.61 Å². The summed E-state index contributed by atoms with van der Waals surface area (Å²) >= 11 is 0. The van der Waals surface area contributed by atoms with Crippen LogP contribution in [0.15, 0.2) is 6.20 Å². The molecule has 0 radical (unpaired) electrons. The van der Waals surface area contributed by atoms with Gasteiger partial charge in [-0.05, 0) is 50.4 Å². The maximum absolute atomic E-state index is 9.13. The summed E-state index contributed by atoms with van der Waals surface area (Å²) in [5, 5.41) is 17.6. The Morgan fingerprint density at radius 2 is 2.25 bits per heavy atom. The van der Waals surface area contributed by atoms with Gasteiger partial charge in [0.1, 0.15) is 0 Å². The van der Waals surface area contributed by atoms with Crippen LogP contribution in [0.1, 0.15) is 55.8 Å².